The first kappa shape index (κ1) is 13.2. The number of carbonyl (C=O) groups is 2. The van der Waals surface area contributed by atoms with Crippen molar-refractivity contribution in [3.63, 3.8) is 0 Å². The Hall–Kier alpha value is -1.89. The van der Waals surface area contributed by atoms with E-state index in [0.29, 0.717) is 5.69 Å². The van der Waals surface area contributed by atoms with Gasteiger partial charge in [0, 0.05) is 25.2 Å². The minimum atomic E-state index is -0.943. The van der Waals surface area contributed by atoms with Gasteiger partial charge in [0.05, 0.1) is 13.5 Å². The number of carboxylic acid groups (broad SMARTS) is 1. The molecule has 0 bridgehead atoms. The van der Waals surface area contributed by atoms with Gasteiger partial charge in [-0.05, 0) is 6.07 Å². The first-order chi connectivity index (χ1) is 7.99. The standard InChI is InChI=1S/C10H15N3O4/c1-13-8(6(5-11)3-9(14)15)4-7(12-13)10(16)17-2/h4,6H,3,5,11H2,1-2H3,(H,14,15). The fraction of sp³-hybridized carbons (Fsp3) is 0.500. The van der Waals surface area contributed by atoms with Crippen molar-refractivity contribution >= 4 is 11.9 Å². The number of hydrogen-bond donors (Lipinski definition) is 2. The predicted molar refractivity (Wildman–Crippen MR) is 58.6 cm³/mol. The van der Waals surface area contributed by atoms with Crippen LogP contribution in [0.1, 0.15) is 28.5 Å². The zero-order chi connectivity index (χ0) is 13.0. The summed E-state index contributed by atoms with van der Waals surface area (Å²) in [5.74, 6) is -1.87. The number of aryl methyl sites for hydroxylation is 1. The molecule has 1 heterocycles. The van der Waals surface area contributed by atoms with Crippen LogP contribution in [0.4, 0.5) is 0 Å². The quantitative estimate of drug-likeness (QED) is 0.687. The average molecular weight is 241 g/mol. The smallest absolute Gasteiger partial charge is 0.358 e. The third-order valence-corrected chi connectivity index (χ3v) is 2.43. The third-order valence-electron chi connectivity index (χ3n) is 2.43. The lowest BCUT2D eigenvalue weighted by molar-refractivity contribution is -0.137. The maximum Gasteiger partial charge on any atom is 0.358 e. The van der Waals surface area contributed by atoms with E-state index in [0.717, 1.165) is 0 Å². The zero-order valence-corrected chi connectivity index (χ0v) is 9.71. The molecule has 0 aliphatic carbocycles. The van der Waals surface area contributed by atoms with E-state index < -0.39 is 11.9 Å². The molecule has 0 aliphatic heterocycles. The summed E-state index contributed by atoms with van der Waals surface area (Å²) in [6.45, 7) is 0.173. The topological polar surface area (TPSA) is 107 Å². The van der Waals surface area contributed by atoms with Gasteiger partial charge < -0.3 is 15.6 Å². The monoisotopic (exact) mass is 241 g/mol. The fourth-order valence-corrected chi connectivity index (χ4v) is 1.59. The number of methoxy groups -OCH3 is 1. The van der Waals surface area contributed by atoms with Gasteiger partial charge in [0.25, 0.3) is 0 Å². The summed E-state index contributed by atoms with van der Waals surface area (Å²) in [5.41, 5.74) is 6.27. The van der Waals surface area contributed by atoms with Crippen molar-refractivity contribution in [2.75, 3.05) is 13.7 Å². The molecular weight excluding hydrogens is 226 g/mol. The Kier molecular flexibility index (Phi) is 4.22. The third kappa shape index (κ3) is 3.04. The molecule has 17 heavy (non-hydrogen) atoms. The van der Waals surface area contributed by atoms with E-state index in [1.54, 1.807) is 7.05 Å². The zero-order valence-electron chi connectivity index (χ0n) is 9.71. The average Bonchev–Trinajstić information content (AvgIpc) is 2.67. The summed E-state index contributed by atoms with van der Waals surface area (Å²) in [7, 11) is 2.89. The molecule has 0 saturated carbocycles. The lowest BCUT2D eigenvalue weighted by Crippen LogP contribution is -2.18. The Morgan fingerprint density at radius 3 is 2.76 bits per heavy atom. The number of carboxylic acids is 1. The van der Waals surface area contributed by atoms with Crippen LogP contribution >= 0.6 is 0 Å². The molecule has 94 valence electrons. The maximum absolute atomic E-state index is 11.3. The second kappa shape index (κ2) is 5.44. The molecule has 0 saturated heterocycles. The van der Waals surface area contributed by atoms with Gasteiger partial charge in [0.15, 0.2) is 5.69 Å². The number of rotatable bonds is 5. The van der Waals surface area contributed by atoms with Crippen LogP contribution in [-0.4, -0.2) is 40.5 Å². The van der Waals surface area contributed by atoms with E-state index in [9.17, 15) is 9.59 Å². The van der Waals surface area contributed by atoms with E-state index in [4.69, 9.17) is 10.8 Å². The van der Waals surface area contributed by atoms with E-state index in [-0.39, 0.29) is 24.6 Å². The second-order valence-corrected chi connectivity index (χ2v) is 3.60. The van der Waals surface area contributed by atoms with Crippen molar-refractivity contribution in [1.29, 1.82) is 0 Å². The Labute approximate surface area is 98.2 Å². The minimum absolute atomic E-state index is 0.101. The van der Waals surface area contributed by atoms with Crippen molar-refractivity contribution in [1.82, 2.24) is 9.78 Å². The summed E-state index contributed by atoms with van der Waals surface area (Å²) in [6, 6.07) is 1.51. The van der Waals surface area contributed by atoms with Gasteiger partial charge >= 0.3 is 11.9 Å². The number of ether oxygens (including phenoxy) is 1. The number of nitrogens with two attached hydrogens (primary N) is 1. The Balaban J connectivity index is 2.99. The van der Waals surface area contributed by atoms with Crippen LogP contribution in [0.2, 0.25) is 0 Å². The number of aliphatic carboxylic acids is 1. The molecule has 0 spiro atoms. The second-order valence-electron chi connectivity index (χ2n) is 3.60. The van der Waals surface area contributed by atoms with Crippen LogP contribution in [0, 0.1) is 0 Å². The van der Waals surface area contributed by atoms with Crippen LogP contribution in [0.3, 0.4) is 0 Å². The van der Waals surface area contributed by atoms with Gasteiger partial charge in [-0.25, -0.2) is 4.79 Å². The summed E-state index contributed by atoms with van der Waals surface area (Å²) >= 11 is 0. The highest BCUT2D eigenvalue weighted by Crippen LogP contribution is 2.19. The normalized spacial score (nSPS) is 12.2. The van der Waals surface area contributed by atoms with E-state index in [1.165, 1.54) is 17.9 Å². The largest absolute Gasteiger partial charge is 0.481 e. The van der Waals surface area contributed by atoms with Gasteiger partial charge in [-0.15, -0.1) is 0 Å². The van der Waals surface area contributed by atoms with Crippen LogP contribution < -0.4 is 5.73 Å². The molecule has 1 unspecified atom stereocenters. The molecule has 7 heteroatoms. The predicted octanol–water partition coefficient (Wildman–Crippen LogP) is -0.276. The summed E-state index contributed by atoms with van der Waals surface area (Å²) < 4.78 is 5.99. The van der Waals surface area contributed by atoms with Crippen molar-refractivity contribution in [3.8, 4) is 0 Å². The van der Waals surface area contributed by atoms with Crippen LogP contribution in [0.25, 0.3) is 0 Å². The lowest BCUT2D eigenvalue weighted by Gasteiger charge is -2.11. The van der Waals surface area contributed by atoms with Crippen LogP contribution in [-0.2, 0) is 16.6 Å². The van der Waals surface area contributed by atoms with E-state index in [2.05, 4.69) is 9.84 Å². The Morgan fingerprint density at radius 1 is 1.65 bits per heavy atom. The summed E-state index contributed by atoms with van der Waals surface area (Å²) in [6.07, 6.45) is -0.101. The van der Waals surface area contributed by atoms with Gasteiger partial charge in [-0.2, -0.15) is 5.10 Å². The van der Waals surface area contributed by atoms with Crippen LogP contribution in [0.15, 0.2) is 6.07 Å². The highest BCUT2D eigenvalue weighted by molar-refractivity contribution is 5.87. The molecule has 1 atom stereocenters. The highest BCUT2D eigenvalue weighted by atomic mass is 16.5. The molecule has 0 amide bonds. The molecule has 1 rings (SSSR count). The first-order valence-electron chi connectivity index (χ1n) is 5.03. The minimum Gasteiger partial charge on any atom is -0.481 e. The lowest BCUT2D eigenvalue weighted by atomic mass is 10.0. The Morgan fingerprint density at radius 2 is 2.29 bits per heavy atom. The molecule has 0 aliphatic rings. The van der Waals surface area contributed by atoms with Gasteiger partial charge in [-0.1, -0.05) is 0 Å². The molecular formula is C10H15N3O4. The number of esters is 1. The maximum atomic E-state index is 11.3. The van der Waals surface area contributed by atoms with Crippen molar-refractivity contribution in [2.24, 2.45) is 12.8 Å². The van der Waals surface area contributed by atoms with Crippen molar-refractivity contribution < 1.29 is 19.4 Å². The summed E-state index contributed by atoms with van der Waals surface area (Å²) in [4.78, 5) is 21.9. The van der Waals surface area contributed by atoms with E-state index in [1.807, 2.05) is 0 Å². The van der Waals surface area contributed by atoms with Crippen molar-refractivity contribution in [3.05, 3.63) is 17.5 Å². The Bertz CT molecular complexity index is 427. The molecule has 1 aromatic heterocycles. The van der Waals surface area contributed by atoms with Crippen molar-refractivity contribution in [2.45, 2.75) is 12.3 Å². The SMILES string of the molecule is COC(=O)c1cc(C(CN)CC(=O)O)n(C)n1. The van der Waals surface area contributed by atoms with Gasteiger partial charge in [0.2, 0.25) is 0 Å². The van der Waals surface area contributed by atoms with E-state index >= 15 is 0 Å². The molecule has 3 N–H and O–H groups in total. The summed E-state index contributed by atoms with van der Waals surface area (Å²) in [5, 5.41) is 12.7. The van der Waals surface area contributed by atoms with Gasteiger partial charge in [0.1, 0.15) is 0 Å². The molecule has 0 radical (unpaired) electrons. The molecule has 1 aromatic rings. The number of aromatic nitrogens is 2. The molecule has 0 fully saturated rings. The number of hydrogen-bond acceptors (Lipinski definition) is 5. The van der Waals surface area contributed by atoms with Gasteiger partial charge in [-0.3, -0.25) is 9.48 Å². The number of carbonyl (C=O) groups excluding carboxylic acids is 1. The number of nitrogens with zero attached hydrogens (tertiary/aromatic N) is 2. The molecule has 0 aromatic carbocycles. The highest BCUT2D eigenvalue weighted by Gasteiger charge is 2.21. The fourth-order valence-electron chi connectivity index (χ4n) is 1.59. The molecule has 7 nitrogen and oxygen atoms in total. The van der Waals surface area contributed by atoms with Crippen LogP contribution in [0.5, 0.6) is 0 Å². The first-order valence-corrected chi connectivity index (χ1v) is 5.03.